The first kappa shape index (κ1) is 12.9. The van der Waals surface area contributed by atoms with E-state index < -0.39 is 0 Å². The van der Waals surface area contributed by atoms with Crippen LogP contribution >= 0.6 is 11.6 Å². The van der Waals surface area contributed by atoms with E-state index >= 15 is 0 Å². The quantitative estimate of drug-likeness (QED) is 0.659. The monoisotopic (exact) mass is 287 g/mol. The highest BCUT2D eigenvalue weighted by molar-refractivity contribution is 6.31. The van der Waals surface area contributed by atoms with Gasteiger partial charge >= 0.3 is 0 Å². The lowest BCUT2D eigenvalue weighted by Crippen LogP contribution is -2.01. The molecule has 0 N–H and O–H groups in total. The van der Waals surface area contributed by atoms with Gasteiger partial charge in [0, 0.05) is 33.2 Å². The summed E-state index contributed by atoms with van der Waals surface area (Å²) in [6.45, 7) is 0.357. The van der Waals surface area contributed by atoms with Gasteiger partial charge in [0.05, 0.1) is 6.54 Å². The van der Waals surface area contributed by atoms with E-state index in [1.54, 1.807) is 18.2 Å². The van der Waals surface area contributed by atoms with Gasteiger partial charge < -0.3 is 4.57 Å². The summed E-state index contributed by atoms with van der Waals surface area (Å²) in [5.41, 5.74) is 2.03. The molecule has 0 amide bonds. The lowest BCUT2D eigenvalue weighted by Gasteiger charge is -2.09. The van der Waals surface area contributed by atoms with Crippen LogP contribution in [0.2, 0.25) is 5.02 Å². The van der Waals surface area contributed by atoms with E-state index in [0.717, 1.165) is 17.2 Å². The molecule has 0 aliphatic carbocycles. The van der Waals surface area contributed by atoms with E-state index in [-0.39, 0.29) is 5.82 Å². The van der Waals surface area contributed by atoms with Crippen molar-refractivity contribution in [1.29, 1.82) is 0 Å². The molecule has 0 radical (unpaired) electrons. The number of aromatic nitrogens is 1. The Balaban J connectivity index is 2.05. The standard InChI is InChI=1S/C16H11ClFNO/c17-14-2-1-3-15(18)13(14)9-19-7-6-12-8-11(10-20)4-5-16(12)19/h1-8,10H,9H2. The highest BCUT2D eigenvalue weighted by Crippen LogP contribution is 2.23. The molecule has 0 fully saturated rings. The molecule has 0 aliphatic heterocycles. The Labute approximate surface area is 120 Å². The number of halogens is 2. The molecular formula is C16H11ClFNO. The molecule has 0 atom stereocenters. The van der Waals surface area contributed by atoms with Gasteiger partial charge in [-0.05, 0) is 36.4 Å². The summed E-state index contributed by atoms with van der Waals surface area (Å²) < 4.78 is 15.7. The minimum Gasteiger partial charge on any atom is -0.343 e. The molecule has 3 rings (SSSR count). The van der Waals surface area contributed by atoms with Crippen molar-refractivity contribution in [2.24, 2.45) is 0 Å². The van der Waals surface area contributed by atoms with Crippen molar-refractivity contribution in [3.63, 3.8) is 0 Å². The van der Waals surface area contributed by atoms with Crippen LogP contribution in [-0.2, 0) is 6.54 Å². The Bertz CT molecular complexity index is 774. The molecule has 100 valence electrons. The van der Waals surface area contributed by atoms with Crippen LogP contribution in [0.5, 0.6) is 0 Å². The fourth-order valence-electron chi connectivity index (χ4n) is 2.28. The fraction of sp³-hybridized carbons (Fsp3) is 0.0625. The van der Waals surface area contributed by atoms with Crippen molar-refractivity contribution in [1.82, 2.24) is 4.57 Å². The third-order valence-electron chi connectivity index (χ3n) is 3.32. The van der Waals surface area contributed by atoms with Crippen molar-refractivity contribution in [3.8, 4) is 0 Å². The molecule has 0 bridgehead atoms. The first-order valence-corrected chi connectivity index (χ1v) is 6.54. The number of hydrogen-bond acceptors (Lipinski definition) is 1. The van der Waals surface area contributed by atoms with E-state index in [1.165, 1.54) is 6.07 Å². The van der Waals surface area contributed by atoms with Crippen molar-refractivity contribution >= 4 is 28.8 Å². The second-order valence-electron chi connectivity index (χ2n) is 4.58. The Morgan fingerprint density at radius 2 is 2.05 bits per heavy atom. The van der Waals surface area contributed by atoms with Gasteiger partial charge in [-0.3, -0.25) is 4.79 Å². The number of benzene rings is 2. The Hall–Kier alpha value is -2.13. The molecule has 2 nitrogen and oxygen atoms in total. The maximum atomic E-state index is 13.8. The van der Waals surface area contributed by atoms with Crippen molar-refractivity contribution in [2.45, 2.75) is 6.54 Å². The molecule has 3 aromatic rings. The molecule has 2 aromatic carbocycles. The van der Waals surface area contributed by atoms with E-state index in [4.69, 9.17) is 11.6 Å². The number of carbonyl (C=O) groups is 1. The molecule has 1 heterocycles. The summed E-state index contributed by atoms with van der Waals surface area (Å²) >= 11 is 6.05. The zero-order valence-electron chi connectivity index (χ0n) is 10.5. The van der Waals surface area contributed by atoms with Crippen LogP contribution in [0.15, 0.2) is 48.7 Å². The van der Waals surface area contributed by atoms with Crippen molar-refractivity contribution in [3.05, 3.63) is 70.6 Å². The van der Waals surface area contributed by atoms with Gasteiger partial charge in [-0.25, -0.2) is 4.39 Å². The van der Waals surface area contributed by atoms with Gasteiger partial charge in [0.1, 0.15) is 12.1 Å². The summed E-state index contributed by atoms with van der Waals surface area (Å²) in [5, 5.41) is 1.36. The summed E-state index contributed by atoms with van der Waals surface area (Å²) in [7, 11) is 0. The zero-order chi connectivity index (χ0) is 14.1. The van der Waals surface area contributed by atoms with Crippen LogP contribution in [0.25, 0.3) is 10.9 Å². The predicted molar refractivity (Wildman–Crippen MR) is 77.8 cm³/mol. The highest BCUT2D eigenvalue weighted by atomic mass is 35.5. The van der Waals surface area contributed by atoms with E-state index in [9.17, 15) is 9.18 Å². The van der Waals surface area contributed by atoms with Crippen LogP contribution in [0.4, 0.5) is 4.39 Å². The number of rotatable bonds is 3. The first-order valence-electron chi connectivity index (χ1n) is 6.16. The van der Waals surface area contributed by atoms with Crippen LogP contribution < -0.4 is 0 Å². The van der Waals surface area contributed by atoms with Gasteiger partial charge in [-0.15, -0.1) is 0 Å². The number of nitrogens with zero attached hydrogens (tertiary/aromatic N) is 1. The minimum absolute atomic E-state index is 0.316. The zero-order valence-corrected chi connectivity index (χ0v) is 11.3. The van der Waals surface area contributed by atoms with Gasteiger partial charge in [-0.2, -0.15) is 0 Å². The third-order valence-corrected chi connectivity index (χ3v) is 3.68. The highest BCUT2D eigenvalue weighted by Gasteiger charge is 2.09. The van der Waals surface area contributed by atoms with Gasteiger partial charge in [-0.1, -0.05) is 17.7 Å². The van der Waals surface area contributed by atoms with Crippen LogP contribution in [-0.4, -0.2) is 10.9 Å². The summed E-state index contributed by atoms with van der Waals surface area (Å²) in [6.07, 6.45) is 2.67. The molecule has 0 saturated heterocycles. The Morgan fingerprint density at radius 1 is 1.20 bits per heavy atom. The number of hydrogen-bond donors (Lipinski definition) is 0. The predicted octanol–water partition coefficient (Wildman–Crippen LogP) is 4.29. The molecule has 20 heavy (non-hydrogen) atoms. The summed E-state index contributed by atoms with van der Waals surface area (Å²) in [5.74, 6) is -0.316. The van der Waals surface area contributed by atoms with Crippen LogP contribution in [0.1, 0.15) is 15.9 Å². The molecule has 0 unspecified atom stereocenters. The summed E-state index contributed by atoms with van der Waals surface area (Å²) in [4.78, 5) is 10.8. The number of aldehydes is 1. The minimum atomic E-state index is -0.316. The van der Waals surface area contributed by atoms with Crippen LogP contribution in [0, 0.1) is 5.82 Å². The number of fused-ring (bicyclic) bond motifs is 1. The van der Waals surface area contributed by atoms with Crippen molar-refractivity contribution in [2.75, 3.05) is 0 Å². The largest absolute Gasteiger partial charge is 0.343 e. The average molecular weight is 288 g/mol. The Morgan fingerprint density at radius 3 is 2.80 bits per heavy atom. The molecule has 0 spiro atoms. The summed E-state index contributed by atoms with van der Waals surface area (Å²) in [6, 6.07) is 12.0. The maximum absolute atomic E-state index is 13.8. The van der Waals surface area contributed by atoms with Crippen molar-refractivity contribution < 1.29 is 9.18 Å². The molecule has 4 heteroatoms. The van der Waals surface area contributed by atoms with Gasteiger partial charge in [0.25, 0.3) is 0 Å². The molecule has 0 aliphatic rings. The van der Waals surface area contributed by atoms with E-state index in [2.05, 4.69) is 0 Å². The van der Waals surface area contributed by atoms with E-state index in [0.29, 0.717) is 22.7 Å². The Kier molecular flexibility index (Phi) is 3.28. The van der Waals surface area contributed by atoms with Gasteiger partial charge in [0.15, 0.2) is 0 Å². The van der Waals surface area contributed by atoms with E-state index in [1.807, 2.05) is 29.0 Å². The lowest BCUT2D eigenvalue weighted by atomic mass is 10.1. The average Bonchev–Trinajstić information content (AvgIpc) is 2.85. The second kappa shape index (κ2) is 5.10. The van der Waals surface area contributed by atoms with Crippen LogP contribution in [0.3, 0.4) is 0 Å². The topological polar surface area (TPSA) is 22.0 Å². The third kappa shape index (κ3) is 2.21. The smallest absolute Gasteiger partial charge is 0.150 e. The SMILES string of the molecule is O=Cc1ccc2c(ccn2Cc2c(F)cccc2Cl)c1. The van der Waals surface area contributed by atoms with Gasteiger partial charge in [0.2, 0.25) is 0 Å². The number of carbonyl (C=O) groups excluding carboxylic acids is 1. The maximum Gasteiger partial charge on any atom is 0.150 e. The molecule has 0 saturated carbocycles. The molecule has 1 aromatic heterocycles. The first-order chi connectivity index (χ1) is 9.69. The lowest BCUT2D eigenvalue weighted by molar-refractivity contribution is 0.112. The molecular weight excluding hydrogens is 277 g/mol. The fourth-order valence-corrected chi connectivity index (χ4v) is 2.51. The second-order valence-corrected chi connectivity index (χ2v) is 4.99. The normalized spacial score (nSPS) is 10.9.